The van der Waals surface area contributed by atoms with E-state index in [-0.39, 0.29) is 5.56 Å². The van der Waals surface area contributed by atoms with E-state index in [2.05, 4.69) is 6.92 Å². The highest BCUT2D eigenvalue weighted by Crippen LogP contribution is 2.25. The summed E-state index contributed by atoms with van der Waals surface area (Å²) in [6, 6.07) is 11.5. The SMILES string of the molecule is CCCCc1ccc(-c2cc(C(=O)O)ccc2F)cc1. The number of unbranched alkanes of at least 4 members (excludes halogenated alkanes) is 1. The Morgan fingerprint density at radius 3 is 2.45 bits per heavy atom. The monoisotopic (exact) mass is 272 g/mol. The number of carboxylic acids is 1. The van der Waals surface area contributed by atoms with Gasteiger partial charge in [0.05, 0.1) is 5.56 Å². The van der Waals surface area contributed by atoms with E-state index in [9.17, 15) is 9.18 Å². The summed E-state index contributed by atoms with van der Waals surface area (Å²) in [7, 11) is 0. The Hall–Kier alpha value is -2.16. The van der Waals surface area contributed by atoms with Crippen LogP contribution < -0.4 is 0 Å². The highest BCUT2D eigenvalue weighted by molar-refractivity contribution is 5.89. The van der Waals surface area contributed by atoms with E-state index in [1.54, 1.807) is 0 Å². The van der Waals surface area contributed by atoms with Crippen molar-refractivity contribution in [3.8, 4) is 11.1 Å². The Morgan fingerprint density at radius 1 is 1.15 bits per heavy atom. The molecular formula is C17H17FO2. The number of rotatable bonds is 5. The molecule has 0 fully saturated rings. The van der Waals surface area contributed by atoms with E-state index in [1.807, 2.05) is 24.3 Å². The first-order valence-corrected chi connectivity index (χ1v) is 6.74. The Morgan fingerprint density at radius 2 is 1.85 bits per heavy atom. The van der Waals surface area contributed by atoms with Gasteiger partial charge in [0.2, 0.25) is 0 Å². The number of hydrogen-bond acceptors (Lipinski definition) is 1. The molecule has 0 aliphatic heterocycles. The van der Waals surface area contributed by atoms with E-state index < -0.39 is 11.8 Å². The number of carboxylic acid groups (broad SMARTS) is 1. The third-order valence-corrected chi connectivity index (χ3v) is 3.30. The number of benzene rings is 2. The topological polar surface area (TPSA) is 37.3 Å². The lowest BCUT2D eigenvalue weighted by molar-refractivity contribution is 0.0697. The molecular weight excluding hydrogens is 255 g/mol. The second-order valence-corrected chi connectivity index (χ2v) is 4.80. The predicted octanol–water partition coefficient (Wildman–Crippen LogP) is 4.53. The third-order valence-electron chi connectivity index (χ3n) is 3.30. The van der Waals surface area contributed by atoms with Crippen molar-refractivity contribution in [3.05, 3.63) is 59.4 Å². The van der Waals surface area contributed by atoms with Gasteiger partial charge in [-0.15, -0.1) is 0 Å². The van der Waals surface area contributed by atoms with Crippen LogP contribution in [0.15, 0.2) is 42.5 Å². The van der Waals surface area contributed by atoms with Gasteiger partial charge in [-0.1, -0.05) is 37.6 Å². The lowest BCUT2D eigenvalue weighted by Crippen LogP contribution is -1.97. The molecule has 2 aromatic carbocycles. The average Bonchev–Trinajstić information content (AvgIpc) is 2.46. The van der Waals surface area contributed by atoms with E-state index >= 15 is 0 Å². The van der Waals surface area contributed by atoms with E-state index in [0.29, 0.717) is 11.1 Å². The summed E-state index contributed by atoms with van der Waals surface area (Å²) in [4.78, 5) is 10.9. The molecule has 1 N–H and O–H groups in total. The highest BCUT2D eigenvalue weighted by atomic mass is 19.1. The van der Waals surface area contributed by atoms with Crippen LogP contribution in [0.2, 0.25) is 0 Å². The molecule has 0 aliphatic rings. The maximum absolute atomic E-state index is 13.8. The molecule has 0 radical (unpaired) electrons. The normalized spacial score (nSPS) is 10.5. The van der Waals surface area contributed by atoms with Gasteiger partial charge >= 0.3 is 5.97 Å². The molecule has 20 heavy (non-hydrogen) atoms. The number of aromatic carboxylic acids is 1. The van der Waals surface area contributed by atoms with E-state index in [4.69, 9.17) is 5.11 Å². The first-order valence-electron chi connectivity index (χ1n) is 6.74. The van der Waals surface area contributed by atoms with Crippen LogP contribution in [0.3, 0.4) is 0 Å². The second-order valence-electron chi connectivity index (χ2n) is 4.80. The first-order chi connectivity index (χ1) is 9.61. The van der Waals surface area contributed by atoms with Crippen LogP contribution in [0.25, 0.3) is 11.1 Å². The molecule has 0 atom stereocenters. The summed E-state index contributed by atoms with van der Waals surface area (Å²) in [6.45, 7) is 2.14. The van der Waals surface area contributed by atoms with Crippen LogP contribution in [-0.2, 0) is 6.42 Å². The lowest BCUT2D eigenvalue weighted by atomic mass is 9.99. The standard InChI is InChI=1S/C17H17FO2/c1-2-3-4-12-5-7-13(8-6-12)15-11-14(17(19)20)9-10-16(15)18/h5-11H,2-4H2,1H3,(H,19,20). The van der Waals surface area contributed by atoms with Crippen molar-refractivity contribution in [1.82, 2.24) is 0 Å². The van der Waals surface area contributed by atoms with Crippen molar-refractivity contribution >= 4 is 5.97 Å². The highest BCUT2D eigenvalue weighted by Gasteiger charge is 2.10. The van der Waals surface area contributed by atoms with Crippen molar-refractivity contribution < 1.29 is 14.3 Å². The lowest BCUT2D eigenvalue weighted by Gasteiger charge is -2.06. The van der Waals surface area contributed by atoms with Gasteiger partial charge in [0.25, 0.3) is 0 Å². The molecule has 104 valence electrons. The smallest absolute Gasteiger partial charge is 0.335 e. The van der Waals surface area contributed by atoms with Gasteiger partial charge in [0.1, 0.15) is 5.82 Å². The van der Waals surface area contributed by atoms with Crippen LogP contribution >= 0.6 is 0 Å². The Bertz CT molecular complexity index is 603. The minimum absolute atomic E-state index is 0.0939. The fraction of sp³-hybridized carbons (Fsp3) is 0.235. The van der Waals surface area contributed by atoms with Crippen LogP contribution in [0.1, 0.15) is 35.7 Å². The van der Waals surface area contributed by atoms with E-state index in [1.165, 1.54) is 23.8 Å². The maximum atomic E-state index is 13.8. The van der Waals surface area contributed by atoms with E-state index in [0.717, 1.165) is 19.3 Å². The van der Waals surface area contributed by atoms with Gasteiger partial charge in [-0.25, -0.2) is 9.18 Å². The molecule has 0 heterocycles. The quantitative estimate of drug-likeness (QED) is 0.868. The number of halogens is 1. The van der Waals surface area contributed by atoms with Crippen molar-refractivity contribution in [1.29, 1.82) is 0 Å². The van der Waals surface area contributed by atoms with Crippen molar-refractivity contribution in [2.75, 3.05) is 0 Å². The van der Waals surface area contributed by atoms with Gasteiger partial charge in [-0.05, 0) is 42.2 Å². The van der Waals surface area contributed by atoms with Gasteiger partial charge in [-0.2, -0.15) is 0 Å². The minimum atomic E-state index is -1.05. The van der Waals surface area contributed by atoms with Crippen molar-refractivity contribution in [2.45, 2.75) is 26.2 Å². The zero-order chi connectivity index (χ0) is 14.5. The van der Waals surface area contributed by atoms with Crippen LogP contribution in [0.4, 0.5) is 4.39 Å². The number of carbonyl (C=O) groups is 1. The first kappa shape index (κ1) is 14.3. The maximum Gasteiger partial charge on any atom is 0.335 e. The summed E-state index contributed by atoms with van der Waals surface area (Å²) >= 11 is 0. The average molecular weight is 272 g/mol. The van der Waals surface area contributed by atoms with Crippen LogP contribution in [0.5, 0.6) is 0 Å². The summed E-state index contributed by atoms with van der Waals surface area (Å²) in [5.41, 5.74) is 2.33. The van der Waals surface area contributed by atoms with Crippen LogP contribution in [0, 0.1) is 5.82 Å². The van der Waals surface area contributed by atoms with Gasteiger partial charge < -0.3 is 5.11 Å². The molecule has 0 amide bonds. The zero-order valence-electron chi connectivity index (χ0n) is 11.4. The molecule has 0 saturated heterocycles. The van der Waals surface area contributed by atoms with Gasteiger partial charge in [0.15, 0.2) is 0 Å². The Balaban J connectivity index is 2.31. The van der Waals surface area contributed by atoms with Crippen molar-refractivity contribution in [3.63, 3.8) is 0 Å². The summed E-state index contributed by atoms with van der Waals surface area (Å²) in [5.74, 6) is -1.46. The van der Waals surface area contributed by atoms with Crippen molar-refractivity contribution in [2.24, 2.45) is 0 Å². The Labute approximate surface area is 117 Å². The second kappa shape index (κ2) is 6.33. The predicted molar refractivity (Wildman–Crippen MR) is 77.4 cm³/mol. The fourth-order valence-electron chi connectivity index (χ4n) is 2.11. The molecule has 0 spiro atoms. The summed E-state index contributed by atoms with van der Waals surface area (Å²) in [6.07, 6.45) is 3.27. The largest absolute Gasteiger partial charge is 0.478 e. The molecule has 0 saturated carbocycles. The minimum Gasteiger partial charge on any atom is -0.478 e. The summed E-state index contributed by atoms with van der Waals surface area (Å²) in [5, 5.41) is 8.97. The third kappa shape index (κ3) is 3.23. The van der Waals surface area contributed by atoms with Gasteiger partial charge in [-0.3, -0.25) is 0 Å². The Kier molecular flexibility index (Phi) is 4.51. The molecule has 0 bridgehead atoms. The number of hydrogen-bond donors (Lipinski definition) is 1. The number of aryl methyl sites for hydroxylation is 1. The van der Waals surface area contributed by atoms with Crippen LogP contribution in [-0.4, -0.2) is 11.1 Å². The zero-order valence-corrected chi connectivity index (χ0v) is 11.4. The summed E-state index contributed by atoms with van der Waals surface area (Å²) < 4.78 is 13.8. The molecule has 2 aromatic rings. The molecule has 3 heteroatoms. The molecule has 2 nitrogen and oxygen atoms in total. The molecule has 2 rings (SSSR count). The molecule has 0 aromatic heterocycles. The van der Waals surface area contributed by atoms with Gasteiger partial charge in [0, 0.05) is 5.56 Å². The fourth-order valence-corrected chi connectivity index (χ4v) is 2.11. The molecule has 0 aliphatic carbocycles. The molecule has 0 unspecified atom stereocenters.